The number of piperidine rings is 2. The highest BCUT2D eigenvalue weighted by atomic mass is 32.2. The minimum absolute atomic E-state index is 0.0470. The predicted molar refractivity (Wildman–Crippen MR) is 386 cm³/mol. The number of oxime groups is 3. The van der Waals surface area contributed by atoms with Crippen LogP contribution in [0.3, 0.4) is 0 Å². The molecule has 103 heavy (non-hydrogen) atoms. The SMILES string of the molecule is O=S(=O)(NC1CCCCC1)c1ccc2c(c1)C(=NO)c1cc(S(=O)(=O)NC3CCCCC3)ccc1-2.O=S(=O)(NC1CCOCC1)c1ccc2c(c1)C(=NO)c1cc(S(=O)(=O)NC3CCOCC3)ccc1-2.O=S(=O)(c1ccc2c(c1)C(=NO)c1cc(S(=O)(=O)N3CCCCC3)ccc1-2)N1CCCCC1. The van der Waals surface area contributed by atoms with Crippen molar-refractivity contribution in [3.8, 4) is 33.4 Å². The monoisotopic (exact) mass is 1530 g/mol. The zero-order valence-electron chi connectivity index (χ0n) is 56.7. The molecule has 32 heteroatoms. The Labute approximate surface area is 602 Å². The highest BCUT2D eigenvalue weighted by molar-refractivity contribution is 7.90. The molecule has 0 unspecified atom stereocenters. The van der Waals surface area contributed by atoms with E-state index in [0.717, 1.165) is 114 Å². The highest BCUT2D eigenvalue weighted by Crippen LogP contribution is 2.44. The topological polar surface area (TPSA) is 376 Å². The van der Waals surface area contributed by atoms with E-state index in [2.05, 4.69) is 34.4 Å². The lowest BCUT2D eigenvalue weighted by Gasteiger charge is -2.26. The number of hydrogen-bond acceptors (Lipinski definition) is 20. The van der Waals surface area contributed by atoms with Crippen LogP contribution in [0, 0.1) is 0 Å². The van der Waals surface area contributed by atoms with Gasteiger partial charge in [0.25, 0.3) is 0 Å². The van der Waals surface area contributed by atoms with Crippen molar-refractivity contribution in [3.05, 3.63) is 143 Å². The van der Waals surface area contributed by atoms with Gasteiger partial charge >= 0.3 is 0 Å². The lowest BCUT2D eigenvalue weighted by atomic mass is 9.96. The maximum atomic E-state index is 13.2. The third kappa shape index (κ3) is 15.7. The third-order valence-corrected chi connectivity index (χ3v) is 30.6. The minimum atomic E-state index is -3.81. The maximum Gasteiger partial charge on any atom is 0.243 e. The number of fused-ring (bicyclic) bond motifs is 9. The van der Waals surface area contributed by atoms with Gasteiger partial charge in [-0.15, -0.1) is 0 Å². The molecule has 4 aliphatic heterocycles. The molecular weight excluding hydrogens is 1440 g/mol. The normalized spacial score (nSPS) is 19.5. The van der Waals surface area contributed by atoms with E-state index in [-0.39, 0.29) is 70.7 Å². The molecule has 26 nitrogen and oxygen atoms in total. The van der Waals surface area contributed by atoms with Gasteiger partial charge in [-0.2, -0.15) is 8.61 Å². The fraction of sp³-hybridized carbons (Fsp3) is 0.451. The summed E-state index contributed by atoms with van der Waals surface area (Å²) >= 11 is 0. The van der Waals surface area contributed by atoms with Gasteiger partial charge in [-0.1, -0.05) is 103 Å². The Morgan fingerprint density at radius 3 is 0.738 bits per heavy atom. The van der Waals surface area contributed by atoms with Gasteiger partial charge in [-0.25, -0.2) is 69.4 Å². The van der Waals surface area contributed by atoms with Crippen LogP contribution in [-0.4, -0.2) is 169 Å². The summed E-state index contributed by atoms with van der Waals surface area (Å²) < 4.78 is 181. The van der Waals surface area contributed by atoms with E-state index in [1.807, 2.05) is 0 Å². The van der Waals surface area contributed by atoms with Crippen LogP contribution < -0.4 is 18.9 Å². The molecule has 9 aliphatic rings. The molecule has 5 aliphatic carbocycles. The van der Waals surface area contributed by atoms with Crippen LogP contribution in [-0.2, 0) is 69.6 Å². The van der Waals surface area contributed by atoms with E-state index in [1.165, 1.54) is 57.1 Å². The van der Waals surface area contributed by atoms with E-state index in [9.17, 15) is 66.1 Å². The number of rotatable bonds is 16. The Morgan fingerprint density at radius 1 is 0.282 bits per heavy atom. The fourth-order valence-electron chi connectivity index (χ4n) is 15.2. The molecule has 6 aromatic carbocycles. The van der Waals surface area contributed by atoms with Gasteiger partial charge in [-0.3, -0.25) is 0 Å². The van der Waals surface area contributed by atoms with E-state index in [1.54, 1.807) is 60.7 Å². The smallest absolute Gasteiger partial charge is 0.243 e. The Morgan fingerprint density at radius 2 is 0.495 bits per heavy atom. The first kappa shape index (κ1) is 74.4. The van der Waals surface area contributed by atoms with Crippen molar-refractivity contribution in [2.45, 2.75) is 182 Å². The van der Waals surface area contributed by atoms with Crippen molar-refractivity contribution in [3.63, 3.8) is 0 Å². The number of nitrogens with one attached hydrogen (secondary N) is 4. The molecule has 0 spiro atoms. The van der Waals surface area contributed by atoms with Gasteiger partial charge in [0, 0.05) is 110 Å². The summed E-state index contributed by atoms with van der Waals surface area (Å²) in [6.07, 6.45) is 17.4. The molecule has 6 aromatic rings. The van der Waals surface area contributed by atoms with Crippen molar-refractivity contribution < 1.29 is 75.6 Å². The Bertz CT molecular complexity index is 4530. The molecule has 7 N–H and O–H groups in total. The molecular formula is C71H85N9O17S6. The van der Waals surface area contributed by atoms with Gasteiger partial charge < -0.3 is 25.1 Å². The van der Waals surface area contributed by atoms with Crippen LogP contribution in [0.1, 0.15) is 162 Å². The second kappa shape index (κ2) is 30.9. The van der Waals surface area contributed by atoms with Gasteiger partial charge in [-0.05, 0) is 183 Å². The van der Waals surface area contributed by atoms with E-state index < -0.39 is 60.1 Å². The number of ether oxygens (including phenoxy) is 2. The first-order valence-corrected chi connectivity index (χ1v) is 44.0. The molecule has 0 radical (unpaired) electrons. The second-order valence-electron chi connectivity index (χ2n) is 27.4. The molecule has 6 fully saturated rings. The fourth-order valence-corrected chi connectivity index (χ4v) is 23.6. The van der Waals surface area contributed by atoms with E-state index in [0.29, 0.717) is 134 Å². The molecule has 0 bridgehead atoms. The summed E-state index contributed by atoms with van der Waals surface area (Å²) in [5, 5.41) is 39.7. The van der Waals surface area contributed by atoms with Crippen LogP contribution >= 0.6 is 0 Å². The van der Waals surface area contributed by atoms with Crippen molar-refractivity contribution in [2.75, 3.05) is 52.6 Å². The lowest BCUT2D eigenvalue weighted by molar-refractivity contribution is 0.0830. The zero-order chi connectivity index (χ0) is 72.5. The number of hydrogen-bond donors (Lipinski definition) is 7. The second-order valence-corrected chi connectivity index (χ2v) is 38.2. The molecule has 15 rings (SSSR count). The summed E-state index contributed by atoms with van der Waals surface area (Å²) in [7, 11) is -22.4. The van der Waals surface area contributed by atoms with E-state index >= 15 is 0 Å². The lowest BCUT2D eigenvalue weighted by Crippen LogP contribution is -2.38. The Kier molecular flexibility index (Phi) is 22.3. The van der Waals surface area contributed by atoms with Crippen LogP contribution in [0.15, 0.2) is 154 Å². The molecule has 4 saturated heterocycles. The summed E-state index contributed by atoms with van der Waals surface area (Å²) in [4.78, 5) is 0.596. The van der Waals surface area contributed by atoms with Crippen molar-refractivity contribution in [1.29, 1.82) is 0 Å². The largest absolute Gasteiger partial charge is 0.410 e. The quantitative estimate of drug-likeness (QED) is 0.0350. The van der Waals surface area contributed by atoms with Crippen molar-refractivity contribution >= 4 is 77.3 Å². The molecule has 0 atom stereocenters. The molecule has 2 saturated carbocycles. The minimum Gasteiger partial charge on any atom is -0.410 e. The maximum absolute atomic E-state index is 13.2. The number of sulfonamides is 6. The van der Waals surface area contributed by atoms with Crippen LogP contribution in [0.5, 0.6) is 0 Å². The van der Waals surface area contributed by atoms with Gasteiger partial charge in [0.05, 0.1) is 29.4 Å². The average Bonchev–Trinajstić information content (AvgIpc) is 1.61. The number of benzene rings is 6. The summed E-state index contributed by atoms with van der Waals surface area (Å²) in [5.41, 5.74) is 7.39. The molecule has 4 heterocycles. The molecule has 552 valence electrons. The summed E-state index contributed by atoms with van der Waals surface area (Å²) in [5.74, 6) is 0. The van der Waals surface area contributed by atoms with Crippen LogP contribution in [0.25, 0.3) is 33.4 Å². The highest BCUT2D eigenvalue weighted by Gasteiger charge is 2.37. The first-order valence-electron chi connectivity index (χ1n) is 35.2. The average molecular weight is 1530 g/mol. The molecule has 0 aromatic heterocycles. The van der Waals surface area contributed by atoms with E-state index in [4.69, 9.17) is 9.47 Å². The third-order valence-electron chi connectivity index (χ3n) is 20.7. The van der Waals surface area contributed by atoms with Crippen LogP contribution in [0.2, 0.25) is 0 Å². The number of nitrogens with zero attached hydrogens (tertiary/aromatic N) is 5. The zero-order valence-corrected chi connectivity index (χ0v) is 61.6. The van der Waals surface area contributed by atoms with Gasteiger partial charge in [0.1, 0.15) is 17.1 Å². The van der Waals surface area contributed by atoms with Gasteiger partial charge in [0.2, 0.25) is 60.1 Å². The van der Waals surface area contributed by atoms with Crippen molar-refractivity contribution in [2.24, 2.45) is 15.5 Å². The van der Waals surface area contributed by atoms with Crippen LogP contribution in [0.4, 0.5) is 0 Å². The Hall–Kier alpha value is -6.89. The van der Waals surface area contributed by atoms with Crippen molar-refractivity contribution in [1.82, 2.24) is 27.5 Å². The standard InChI is InChI=1S/C25H31N3O5S2.C23H27N3O7S2.C23H27N3O5S2/c29-26-25-23-15-19(34(30,31)27-17-7-3-1-4-8-17)11-13-21(23)22-14-12-20(16-24(22)25)35(32,33)28-18-9-5-2-6-10-18;27-24-23-21-13-17(34(28,29)25-15-5-9-32-10-6-15)1-3-19(21)20-4-2-18(14-22(20)23)35(30,31)26-16-7-11-33-12-8-16;27-24-23-21-15-17(32(28,29)25-11-3-1-4-12-25)7-9-19(21)20-10-8-18(16-22(20)23)33(30,31)26-13-5-2-6-14-26/h11-18,27-29H,1-10H2;1-4,13-16,25-27H,5-12H2;7-10,15-16,27H,1-6,11-14H2. The summed E-state index contributed by atoms with van der Waals surface area (Å²) in [6.45, 7) is 4.00. The first-order chi connectivity index (χ1) is 49.4. The molecule has 0 amide bonds. The Balaban J connectivity index is 0.000000138. The van der Waals surface area contributed by atoms with Gasteiger partial charge in [0.15, 0.2) is 0 Å². The summed E-state index contributed by atoms with van der Waals surface area (Å²) in [6, 6.07) is 27.8. The predicted octanol–water partition coefficient (Wildman–Crippen LogP) is 9.17.